The predicted octanol–water partition coefficient (Wildman–Crippen LogP) is 2.71. The Kier molecular flexibility index (Phi) is 4.96. The third kappa shape index (κ3) is 3.61. The number of nitrogens with zero attached hydrogens (tertiary/aromatic N) is 2. The number of carboxylic acids is 1. The average Bonchev–Trinajstić information content (AvgIpc) is 2.73. The zero-order valence-electron chi connectivity index (χ0n) is 12.8. The highest BCUT2D eigenvalue weighted by atomic mass is 16.5. The van der Waals surface area contributed by atoms with E-state index in [1.165, 1.54) is 5.56 Å². The summed E-state index contributed by atoms with van der Waals surface area (Å²) in [4.78, 5) is 15.7. The molecule has 2 rings (SSSR count). The first-order chi connectivity index (χ1) is 10.0. The van der Waals surface area contributed by atoms with Crippen molar-refractivity contribution in [2.45, 2.75) is 40.2 Å². The van der Waals surface area contributed by atoms with Crippen molar-refractivity contribution < 1.29 is 14.6 Å². The fourth-order valence-electron chi connectivity index (χ4n) is 2.41. The maximum absolute atomic E-state index is 11.1. The maximum atomic E-state index is 11.1. The van der Waals surface area contributed by atoms with Crippen LogP contribution in [0.4, 0.5) is 0 Å². The summed E-state index contributed by atoms with van der Waals surface area (Å²) in [7, 11) is 0. The second-order valence-corrected chi connectivity index (χ2v) is 5.23. The van der Waals surface area contributed by atoms with Gasteiger partial charge >= 0.3 is 5.97 Å². The number of carboxylic acid groups (broad SMARTS) is 1. The van der Waals surface area contributed by atoms with Gasteiger partial charge in [0, 0.05) is 19.6 Å². The molecule has 5 nitrogen and oxygen atoms in total. The fraction of sp³-hybridized carbons (Fsp3) is 0.500. The SMILES string of the molecule is CCOCCCc1nc2cc(C)c(C)cc2n1CC(=O)O. The van der Waals surface area contributed by atoms with Crippen molar-refractivity contribution in [1.82, 2.24) is 9.55 Å². The molecule has 0 fully saturated rings. The van der Waals surface area contributed by atoms with Crippen LogP contribution in [-0.4, -0.2) is 33.8 Å². The van der Waals surface area contributed by atoms with Crippen LogP contribution in [-0.2, 0) is 22.5 Å². The van der Waals surface area contributed by atoms with Gasteiger partial charge in [0.15, 0.2) is 0 Å². The van der Waals surface area contributed by atoms with Gasteiger partial charge in [0.25, 0.3) is 0 Å². The number of carbonyl (C=O) groups is 1. The Morgan fingerprint density at radius 2 is 2.05 bits per heavy atom. The van der Waals surface area contributed by atoms with E-state index >= 15 is 0 Å². The highest BCUT2D eigenvalue weighted by molar-refractivity contribution is 5.80. The van der Waals surface area contributed by atoms with Gasteiger partial charge in [-0.05, 0) is 50.5 Å². The molecule has 0 unspecified atom stereocenters. The molecule has 21 heavy (non-hydrogen) atoms. The third-order valence-electron chi connectivity index (χ3n) is 3.63. The summed E-state index contributed by atoms with van der Waals surface area (Å²) in [6.45, 7) is 7.35. The van der Waals surface area contributed by atoms with Crippen molar-refractivity contribution in [2.24, 2.45) is 0 Å². The molecule has 0 aliphatic rings. The third-order valence-corrected chi connectivity index (χ3v) is 3.63. The standard InChI is InChI=1S/C16H22N2O3/c1-4-21-7-5-6-15-17-13-8-11(2)12(3)9-14(13)18(15)10-16(19)20/h8-9H,4-7,10H2,1-3H3,(H,19,20). The highest BCUT2D eigenvalue weighted by Crippen LogP contribution is 2.21. The van der Waals surface area contributed by atoms with Crippen molar-refractivity contribution in [3.05, 3.63) is 29.1 Å². The molecule has 1 heterocycles. The molecule has 0 spiro atoms. The molecular weight excluding hydrogens is 268 g/mol. The van der Waals surface area contributed by atoms with Crippen molar-refractivity contribution in [3.8, 4) is 0 Å². The van der Waals surface area contributed by atoms with Gasteiger partial charge < -0.3 is 14.4 Å². The van der Waals surface area contributed by atoms with E-state index < -0.39 is 5.97 Å². The Morgan fingerprint density at radius 3 is 2.71 bits per heavy atom. The van der Waals surface area contributed by atoms with Crippen LogP contribution < -0.4 is 0 Å². The van der Waals surface area contributed by atoms with Gasteiger partial charge in [-0.3, -0.25) is 4.79 Å². The topological polar surface area (TPSA) is 64.4 Å². The molecule has 0 amide bonds. The number of benzene rings is 1. The molecule has 5 heteroatoms. The molecule has 0 bridgehead atoms. The van der Waals surface area contributed by atoms with Crippen molar-refractivity contribution in [1.29, 1.82) is 0 Å². The smallest absolute Gasteiger partial charge is 0.323 e. The second kappa shape index (κ2) is 6.72. The number of hydrogen-bond acceptors (Lipinski definition) is 3. The highest BCUT2D eigenvalue weighted by Gasteiger charge is 2.14. The first-order valence-electron chi connectivity index (χ1n) is 7.28. The van der Waals surface area contributed by atoms with E-state index in [0.29, 0.717) is 13.2 Å². The summed E-state index contributed by atoms with van der Waals surface area (Å²) in [6, 6.07) is 4.04. The minimum absolute atomic E-state index is 0.0526. The van der Waals surface area contributed by atoms with Gasteiger partial charge in [0.1, 0.15) is 12.4 Å². The Hall–Kier alpha value is -1.88. The zero-order chi connectivity index (χ0) is 15.4. The summed E-state index contributed by atoms with van der Waals surface area (Å²) in [5, 5.41) is 9.13. The molecule has 114 valence electrons. The first kappa shape index (κ1) is 15.5. The number of fused-ring (bicyclic) bond motifs is 1. The van der Waals surface area contributed by atoms with Crippen LogP contribution in [0.3, 0.4) is 0 Å². The number of aryl methyl sites for hydroxylation is 3. The van der Waals surface area contributed by atoms with Crippen LogP contribution >= 0.6 is 0 Å². The Morgan fingerprint density at radius 1 is 1.33 bits per heavy atom. The zero-order valence-corrected chi connectivity index (χ0v) is 12.8. The van der Waals surface area contributed by atoms with Gasteiger partial charge in [0.2, 0.25) is 0 Å². The van der Waals surface area contributed by atoms with E-state index in [1.54, 1.807) is 4.57 Å². The summed E-state index contributed by atoms with van der Waals surface area (Å²) < 4.78 is 7.14. The van der Waals surface area contributed by atoms with Gasteiger partial charge in [-0.2, -0.15) is 0 Å². The number of ether oxygens (including phenoxy) is 1. The summed E-state index contributed by atoms with van der Waals surface area (Å²) >= 11 is 0. The molecule has 2 aromatic rings. The van der Waals surface area contributed by atoms with E-state index in [2.05, 4.69) is 4.98 Å². The summed E-state index contributed by atoms with van der Waals surface area (Å²) in [6.07, 6.45) is 1.56. The van der Waals surface area contributed by atoms with E-state index in [-0.39, 0.29) is 6.54 Å². The Labute approximate surface area is 124 Å². The predicted molar refractivity (Wildman–Crippen MR) is 81.7 cm³/mol. The number of rotatable bonds is 7. The normalized spacial score (nSPS) is 11.2. The van der Waals surface area contributed by atoms with E-state index in [9.17, 15) is 4.79 Å². The van der Waals surface area contributed by atoms with Crippen LogP contribution in [0.5, 0.6) is 0 Å². The lowest BCUT2D eigenvalue weighted by Crippen LogP contribution is -2.12. The molecule has 1 aromatic heterocycles. The van der Waals surface area contributed by atoms with Gasteiger partial charge in [-0.1, -0.05) is 0 Å². The minimum atomic E-state index is -0.849. The Bertz CT molecular complexity index is 646. The van der Waals surface area contributed by atoms with E-state index in [4.69, 9.17) is 9.84 Å². The van der Waals surface area contributed by atoms with Crippen molar-refractivity contribution in [2.75, 3.05) is 13.2 Å². The molecule has 0 saturated heterocycles. The molecule has 0 aliphatic heterocycles. The lowest BCUT2D eigenvalue weighted by atomic mass is 10.1. The van der Waals surface area contributed by atoms with Gasteiger partial charge in [0.05, 0.1) is 11.0 Å². The summed E-state index contributed by atoms with van der Waals surface area (Å²) in [5.74, 6) is -0.0318. The van der Waals surface area contributed by atoms with Crippen LogP contribution in [0.25, 0.3) is 11.0 Å². The fourth-order valence-corrected chi connectivity index (χ4v) is 2.41. The minimum Gasteiger partial charge on any atom is -0.480 e. The number of aliphatic carboxylic acids is 1. The molecule has 0 saturated carbocycles. The molecule has 0 radical (unpaired) electrons. The summed E-state index contributed by atoms with van der Waals surface area (Å²) in [5.41, 5.74) is 4.08. The van der Waals surface area contributed by atoms with Crippen LogP contribution in [0.1, 0.15) is 30.3 Å². The quantitative estimate of drug-likeness (QED) is 0.796. The van der Waals surface area contributed by atoms with Crippen LogP contribution in [0.2, 0.25) is 0 Å². The van der Waals surface area contributed by atoms with E-state index in [0.717, 1.165) is 35.3 Å². The molecule has 1 N–H and O–H groups in total. The second-order valence-electron chi connectivity index (χ2n) is 5.23. The van der Waals surface area contributed by atoms with Crippen molar-refractivity contribution >= 4 is 17.0 Å². The molecule has 1 aromatic carbocycles. The van der Waals surface area contributed by atoms with Crippen LogP contribution in [0.15, 0.2) is 12.1 Å². The monoisotopic (exact) mass is 290 g/mol. The van der Waals surface area contributed by atoms with E-state index in [1.807, 2.05) is 32.9 Å². The maximum Gasteiger partial charge on any atom is 0.323 e. The van der Waals surface area contributed by atoms with Gasteiger partial charge in [-0.25, -0.2) is 4.98 Å². The first-order valence-corrected chi connectivity index (χ1v) is 7.28. The number of hydrogen-bond donors (Lipinski definition) is 1. The van der Waals surface area contributed by atoms with Crippen molar-refractivity contribution in [3.63, 3.8) is 0 Å². The number of imidazole rings is 1. The average molecular weight is 290 g/mol. The molecule has 0 aliphatic carbocycles. The molecule has 0 atom stereocenters. The lowest BCUT2D eigenvalue weighted by molar-refractivity contribution is -0.137. The van der Waals surface area contributed by atoms with Crippen LogP contribution in [0, 0.1) is 13.8 Å². The Balaban J connectivity index is 2.35. The lowest BCUT2D eigenvalue weighted by Gasteiger charge is -2.07. The molecular formula is C16H22N2O3. The largest absolute Gasteiger partial charge is 0.480 e. The van der Waals surface area contributed by atoms with Gasteiger partial charge in [-0.15, -0.1) is 0 Å². The number of aromatic nitrogens is 2.